The van der Waals surface area contributed by atoms with Crippen LogP contribution in [0.2, 0.25) is 0 Å². The molecule has 1 aromatic carbocycles. The molecule has 0 radical (unpaired) electrons. The summed E-state index contributed by atoms with van der Waals surface area (Å²) in [6, 6.07) is 7.80. The van der Waals surface area contributed by atoms with E-state index in [1.807, 2.05) is 31.2 Å². The van der Waals surface area contributed by atoms with E-state index in [1.54, 1.807) is 0 Å². The van der Waals surface area contributed by atoms with Crippen molar-refractivity contribution in [3.63, 3.8) is 0 Å². The maximum atomic E-state index is 13.0. The third-order valence-electron chi connectivity index (χ3n) is 5.96. The third kappa shape index (κ3) is 2.29. The van der Waals surface area contributed by atoms with Gasteiger partial charge in [0.15, 0.2) is 5.78 Å². The Bertz CT molecular complexity index is 520. The highest BCUT2D eigenvalue weighted by molar-refractivity contribution is 5.98. The molecule has 0 unspecified atom stereocenters. The van der Waals surface area contributed by atoms with Gasteiger partial charge in [-0.2, -0.15) is 0 Å². The Labute approximate surface area is 126 Å². The molecule has 4 bridgehead atoms. The number of carbonyl (C=O) groups excluding carboxylic acids is 1. The first kappa shape index (κ1) is 13.4. The molecule has 1 aromatic rings. The highest BCUT2D eigenvalue weighted by Gasteiger charge is 2.50. The van der Waals surface area contributed by atoms with Crippen LogP contribution in [0.1, 0.15) is 49.4 Å². The molecule has 0 spiro atoms. The van der Waals surface area contributed by atoms with Crippen LogP contribution in [0, 0.1) is 29.6 Å². The second-order valence-electron chi connectivity index (χ2n) is 7.28. The second kappa shape index (κ2) is 5.15. The number of carbonyl (C=O) groups is 1. The summed E-state index contributed by atoms with van der Waals surface area (Å²) in [5.41, 5.74) is 0.860. The van der Waals surface area contributed by atoms with Crippen LogP contribution in [-0.4, -0.2) is 12.4 Å². The molecular weight excluding hydrogens is 260 g/mol. The number of rotatable bonds is 4. The lowest BCUT2D eigenvalue weighted by Crippen LogP contribution is -2.48. The van der Waals surface area contributed by atoms with E-state index in [0.717, 1.165) is 23.1 Å². The first-order valence-electron chi connectivity index (χ1n) is 8.51. The lowest BCUT2D eigenvalue weighted by molar-refractivity contribution is -0.0251. The van der Waals surface area contributed by atoms with Crippen LogP contribution in [0.15, 0.2) is 24.3 Å². The number of benzene rings is 1. The minimum atomic E-state index is 0.287. The minimum absolute atomic E-state index is 0.287. The lowest BCUT2D eigenvalue weighted by Gasteiger charge is -2.53. The van der Waals surface area contributed by atoms with E-state index < -0.39 is 0 Å². The Balaban J connectivity index is 1.58. The molecule has 4 aliphatic carbocycles. The minimum Gasteiger partial charge on any atom is -0.494 e. The molecule has 4 aliphatic rings. The molecule has 112 valence electrons. The van der Waals surface area contributed by atoms with Crippen molar-refractivity contribution in [2.75, 3.05) is 6.61 Å². The van der Waals surface area contributed by atoms with Crippen molar-refractivity contribution in [1.82, 2.24) is 0 Å². The number of ketones is 1. The number of Topliss-reactive ketones (excluding diaryl/α,β-unsaturated/α-hetero) is 1. The van der Waals surface area contributed by atoms with Crippen LogP contribution in [0.5, 0.6) is 5.75 Å². The van der Waals surface area contributed by atoms with Gasteiger partial charge in [0.05, 0.1) is 6.61 Å². The first-order chi connectivity index (χ1) is 10.2. The average molecular weight is 284 g/mol. The fraction of sp³-hybridized carbons (Fsp3) is 0.632. The fourth-order valence-corrected chi connectivity index (χ4v) is 5.45. The zero-order valence-corrected chi connectivity index (χ0v) is 12.8. The van der Waals surface area contributed by atoms with E-state index in [9.17, 15) is 4.79 Å². The van der Waals surface area contributed by atoms with Crippen LogP contribution in [0.4, 0.5) is 0 Å². The van der Waals surface area contributed by atoms with Gasteiger partial charge in [-0.05, 0) is 74.8 Å². The largest absolute Gasteiger partial charge is 0.494 e. The normalized spacial score (nSPS) is 36.7. The van der Waals surface area contributed by atoms with Crippen molar-refractivity contribution in [3.8, 4) is 5.75 Å². The van der Waals surface area contributed by atoms with Crippen molar-refractivity contribution in [3.05, 3.63) is 29.8 Å². The van der Waals surface area contributed by atoms with Gasteiger partial charge in [0, 0.05) is 11.5 Å². The third-order valence-corrected chi connectivity index (χ3v) is 5.96. The van der Waals surface area contributed by atoms with E-state index in [0.29, 0.717) is 24.2 Å². The molecular formula is C19H24O2. The molecule has 2 nitrogen and oxygen atoms in total. The van der Waals surface area contributed by atoms with Crippen LogP contribution in [0.3, 0.4) is 0 Å². The summed E-state index contributed by atoms with van der Waals surface area (Å²) in [6.07, 6.45) is 6.64. The van der Waals surface area contributed by atoms with Gasteiger partial charge in [-0.3, -0.25) is 4.79 Å². The summed E-state index contributed by atoms with van der Waals surface area (Å²) in [6.45, 7) is 2.63. The first-order valence-corrected chi connectivity index (χ1v) is 8.51. The van der Waals surface area contributed by atoms with Gasteiger partial charge >= 0.3 is 0 Å². The van der Waals surface area contributed by atoms with Gasteiger partial charge in [0.1, 0.15) is 5.75 Å². The topological polar surface area (TPSA) is 26.3 Å². The van der Waals surface area contributed by atoms with Crippen LogP contribution in [-0.2, 0) is 0 Å². The maximum absolute atomic E-state index is 13.0. The predicted molar refractivity (Wildman–Crippen MR) is 82.5 cm³/mol. The standard InChI is InChI=1S/C19H24O2/c1-2-21-17-5-3-4-14(11-17)19(20)18-15-7-12-6-13(9-15)10-16(18)8-12/h3-5,11-13,15-16,18H,2,6-10H2,1H3. The summed E-state index contributed by atoms with van der Waals surface area (Å²) in [5, 5.41) is 0. The number of ether oxygens (including phenoxy) is 1. The van der Waals surface area contributed by atoms with Gasteiger partial charge in [-0.1, -0.05) is 12.1 Å². The highest BCUT2D eigenvalue weighted by atomic mass is 16.5. The maximum Gasteiger partial charge on any atom is 0.166 e. The molecule has 0 aliphatic heterocycles. The van der Waals surface area contributed by atoms with Gasteiger partial charge < -0.3 is 4.74 Å². The van der Waals surface area contributed by atoms with E-state index >= 15 is 0 Å². The molecule has 0 N–H and O–H groups in total. The van der Waals surface area contributed by atoms with Crippen LogP contribution >= 0.6 is 0 Å². The van der Waals surface area contributed by atoms with Crippen molar-refractivity contribution >= 4 is 5.78 Å². The zero-order chi connectivity index (χ0) is 14.4. The fourth-order valence-electron chi connectivity index (χ4n) is 5.45. The molecule has 2 heteroatoms. The summed E-state index contributed by atoms with van der Waals surface area (Å²) >= 11 is 0. The lowest BCUT2D eigenvalue weighted by atomic mass is 9.51. The predicted octanol–water partition coefficient (Wildman–Crippen LogP) is 4.34. The van der Waals surface area contributed by atoms with Crippen molar-refractivity contribution in [2.45, 2.75) is 39.0 Å². The van der Waals surface area contributed by atoms with Crippen LogP contribution in [0.25, 0.3) is 0 Å². The summed E-state index contributed by atoms with van der Waals surface area (Å²) < 4.78 is 5.55. The molecule has 0 amide bonds. The van der Waals surface area contributed by atoms with Crippen LogP contribution < -0.4 is 4.74 Å². The Morgan fingerprint density at radius 2 is 1.76 bits per heavy atom. The molecule has 0 heterocycles. The molecule has 4 fully saturated rings. The Morgan fingerprint density at radius 1 is 1.10 bits per heavy atom. The van der Waals surface area contributed by atoms with Crippen molar-refractivity contribution in [1.29, 1.82) is 0 Å². The number of hydrogen-bond donors (Lipinski definition) is 0. The monoisotopic (exact) mass is 284 g/mol. The number of hydrogen-bond acceptors (Lipinski definition) is 2. The molecule has 21 heavy (non-hydrogen) atoms. The Kier molecular flexibility index (Phi) is 3.28. The molecule has 4 saturated carbocycles. The summed E-state index contributed by atoms with van der Waals surface area (Å²) in [7, 11) is 0. The van der Waals surface area contributed by atoms with Gasteiger partial charge in [0.25, 0.3) is 0 Å². The molecule has 0 aromatic heterocycles. The Hall–Kier alpha value is -1.31. The van der Waals surface area contributed by atoms with Crippen molar-refractivity contribution in [2.24, 2.45) is 29.6 Å². The quantitative estimate of drug-likeness (QED) is 0.769. The molecule has 0 atom stereocenters. The SMILES string of the molecule is CCOc1cccc(C(=O)C2C3CC4CC(C3)CC2C4)c1. The van der Waals surface area contributed by atoms with E-state index in [1.165, 1.54) is 32.1 Å². The summed E-state index contributed by atoms with van der Waals surface area (Å²) in [5.74, 6) is 4.65. The second-order valence-corrected chi connectivity index (χ2v) is 7.28. The van der Waals surface area contributed by atoms with Gasteiger partial charge in [-0.25, -0.2) is 0 Å². The molecule has 5 rings (SSSR count). The van der Waals surface area contributed by atoms with Gasteiger partial charge in [-0.15, -0.1) is 0 Å². The van der Waals surface area contributed by atoms with E-state index in [-0.39, 0.29) is 5.92 Å². The average Bonchev–Trinajstić information content (AvgIpc) is 2.46. The highest BCUT2D eigenvalue weighted by Crippen LogP contribution is 2.57. The van der Waals surface area contributed by atoms with Crippen molar-refractivity contribution < 1.29 is 9.53 Å². The zero-order valence-electron chi connectivity index (χ0n) is 12.8. The summed E-state index contributed by atoms with van der Waals surface area (Å²) in [4.78, 5) is 13.0. The van der Waals surface area contributed by atoms with E-state index in [2.05, 4.69) is 0 Å². The smallest absolute Gasteiger partial charge is 0.166 e. The van der Waals surface area contributed by atoms with Gasteiger partial charge in [0.2, 0.25) is 0 Å². The molecule has 0 saturated heterocycles. The van der Waals surface area contributed by atoms with E-state index in [4.69, 9.17) is 4.74 Å². The Morgan fingerprint density at radius 3 is 2.38 bits per heavy atom.